The summed E-state index contributed by atoms with van der Waals surface area (Å²) in [4.78, 5) is 19.4. The van der Waals surface area contributed by atoms with Crippen molar-refractivity contribution in [3.8, 4) is 0 Å². The molecule has 0 unspecified atom stereocenters. The molecular weight excluding hydrogens is 415 g/mol. The minimum Gasteiger partial charge on any atom is -0.299 e. The van der Waals surface area contributed by atoms with Gasteiger partial charge in [0.2, 0.25) is 0 Å². The molecule has 0 amide bonds. The van der Waals surface area contributed by atoms with Crippen molar-refractivity contribution >= 4 is 11.0 Å². The third-order valence-electron chi connectivity index (χ3n) is 6.95. The number of nitrogens with zero attached hydrogens (tertiary/aromatic N) is 4. The molecule has 2 aromatic heterocycles. The molecule has 0 aliphatic carbocycles. The number of rotatable bonds is 5. The molecule has 0 atom stereocenters. The Balaban J connectivity index is 1.20. The second-order valence-electron chi connectivity index (χ2n) is 9.13. The fourth-order valence-corrected chi connectivity index (χ4v) is 4.94. The number of hydrogen-bond acceptors (Lipinski definition) is 3. The molecule has 1 aliphatic heterocycles. The summed E-state index contributed by atoms with van der Waals surface area (Å²) in [5.41, 5.74) is 6.06. The lowest BCUT2D eigenvalue weighted by atomic mass is 9.92. The smallest absolute Gasteiger partial charge is 0.299 e. The highest BCUT2D eigenvalue weighted by molar-refractivity contribution is 5.76. The van der Waals surface area contributed by atoms with Crippen molar-refractivity contribution in [2.75, 3.05) is 13.1 Å². The first-order valence-corrected chi connectivity index (χ1v) is 11.5. The molecule has 0 radical (unpaired) electrons. The van der Waals surface area contributed by atoms with Crippen molar-refractivity contribution < 1.29 is 4.39 Å². The quantitative estimate of drug-likeness (QED) is 0.459. The largest absolute Gasteiger partial charge is 0.328 e. The summed E-state index contributed by atoms with van der Waals surface area (Å²) < 4.78 is 17.3. The van der Waals surface area contributed by atoms with E-state index in [4.69, 9.17) is 4.98 Å². The Hall–Kier alpha value is -3.25. The first-order chi connectivity index (χ1) is 16.0. The van der Waals surface area contributed by atoms with Crippen molar-refractivity contribution in [3.63, 3.8) is 0 Å². The normalized spacial score (nSPS) is 15.4. The van der Waals surface area contributed by atoms with Crippen molar-refractivity contribution in [2.24, 2.45) is 14.1 Å². The predicted molar refractivity (Wildman–Crippen MR) is 129 cm³/mol. The Kier molecular flexibility index (Phi) is 5.85. The van der Waals surface area contributed by atoms with Crippen LogP contribution < -0.4 is 5.69 Å². The van der Waals surface area contributed by atoms with E-state index in [0.29, 0.717) is 17.9 Å². The van der Waals surface area contributed by atoms with E-state index in [1.807, 2.05) is 38.5 Å². The summed E-state index contributed by atoms with van der Waals surface area (Å²) in [6, 6.07) is 17.4. The van der Waals surface area contributed by atoms with Gasteiger partial charge < -0.3 is 0 Å². The van der Waals surface area contributed by atoms with Crippen LogP contribution in [0, 0.1) is 5.82 Å². The second-order valence-corrected chi connectivity index (χ2v) is 9.13. The summed E-state index contributed by atoms with van der Waals surface area (Å²) in [5, 5.41) is 0. The number of aryl methyl sites for hydroxylation is 2. The zero-order valence-corrected chi connectivity index (χ0v) is 19.2. The number of aromatic nitrogens is 3. The average Bonchev–Trinajstić information content (AvgIpc) is 3.05. The third kappa shape index (κ3) is 4.35. The van der Waals surface area contributed by atoms with Crippen LogP contribution in [0.25, 0.3) is 11.0 Å². The number of halogens is 1. The van der Waals surface area contributed by atoms with Crippen LogP contribution in [0.3, 0.4) is 0 Å². The Morgan fingerprint density at radius 1 is 0.939 bits per heavy atom. The number of hydrogen-bond donors (Lipinski definition) is 0. The topological polar surface area (TPSA) is 43.1 Å². The Morgan fingerprint density at radius 3 is 2.39 bits per heavy atom. The summed E-state index contributed by atoms with van der Waals surface area (Å²) in [6.07, 6.45) is 4.61. The predicted octanol–water partition coefficient (Wildman–Crippen LogP) is 4.38. The first kappa shape index (κ1) is 21.6. The van der Waals surface area contributed by atoms with Crippen LogP contribution in [-0.4, -0.2) is 32.1 Å². The zero-order chi connectivity index (χ0) is 22.9. The number of benzene rings is 2. The van der Waals surface area contributed by atoms with E-state index in [-0.39, 0.29) is 11.5 Å². The highest BCUT2D eigenvalue weighted by Gasteiger charge is 2.22. The van der Waals surface area contributed by atoms with E-state index in [2.05, 4.69) is 29.2 Å². The van der Waals surface area contributed by atoms with Crippen LogP contribution in [0.1, 0.15) is 41.1 Å². The molecule has 0 spiro atoms. The van der Waals surface area contributed by atoms with Gasteiger partial charge in [-0.1, -0.05) is 30.3 Å². The van der Waals surface area contributed by atoms with Crippen molar-refractivity contribution in [2.45, 2.75) is 31.7 Å². The van der Waals surface area contributed by atoms with Crippen LogP contribution in [0.2, 0.25) is 0 Å². The van der Waals surface area contributed by atoms with E-state index in [9.17, 15) is 9.18 Å². The number of fused-ring (bicyclic) bond motifs is 1. The third-order valence-corrected chi connectivity index (χ3v) is 6.95. The van der Waals surface area contributed by atoms with Gasteiger partial charge in [-0.25, -0.2) is 9.18 Å². The fourth-order valence-electron chi connectivity index (χ4n) is 4.94. The molecule has 0 bridgehead atoms. The molecule has 33 heavy (non-hydrogen) atoms. The fraction of sp³-hybridized carbons (Fsp3) is 0.333. The number of piperidine rings is 1. The maximum Gasteiger partial charge on any atom is 0.328 e. The molecular formula is C27H29FN4O. The first-order valence-electron chi connectivity index (χ1n) is 11.5. The molecule has 3 heterocycles. The van der Waals surface area contributed by atoms with Gasteiger partial charge >= 0.3 is 5.69 Å². The molecule has 1 fully saturated rings. The Bertz CT molecular complexity index is 1330. The second kappa shape index (κ2) is 8.94. The van der Waals surface area contributed by atoms with Gasteiger partial charge in [0.15, 0.2) is 0 Å². The summed E-state index contributed by atoms with van der Waals surface area (Å²) in [7, 11) is 3.64. The Morgan fingerprint density at radius 2 is 1.67 bits per heavy atom. The molecule has 0 saturated carbocycles. The van der Waals surface area contributed by atoms with Crippen LogP contribution in [0.4, 0.5) is 4.39 Å². The van der Waals surface area contributed by atoms with Gasteiger partial charge in [0.25, 0.3) is 0 Å². The summed E-state index contributed by atoms with van der Waals surface area (Å²) >= 11 is 0. The molecule has 2 aromatic carbocycles. The lowest BCUT2D eigenvalue weighted by Crippen LogP contribution is -2.32. The van der Waals surface area contributed by atoms with Gasteiger partial charge in [-0.05, 0) is 66.9 Å². The Labute approximate surface area is 193 Å². The van der Waals surface area contributed by atoms with Crippen molar-refractivity contribution in [1.29, 1.82) is 0 Å². The monoisotopic (exact) mass is 444 g/mol. The van der Waals surface area contributed by atoms with Gasteiger partial charge in [0, 0.05) is 44.9 Å². The van der Waals surface area contributed by atoms with E-state index >= 15 is 0 Å². The van der Waals surface area contributed by atoms with Crippen molar-refractivity contribution in [3.05, 3.63) is 99.5 Å². The minimum absolute atomic E-state index is 0.00962. The summed E-state index contributed by atoms with van der Waals surface area (Å²) in [6.45, 7) is 2.94. The number of pyridine rings is 1. The standard InChI is InChI=1S/C27H29FN4O/c1-30-25-10-8-20(16-26(25)31(2)27(30)33)18-32-13-11-21(12-14-32)24-9-7-19(17-29-24)15-22-5-3-4-6-23(22)28/h3-10,16-17,21H,11-15,18H2,1-2H3. The van der Waals surface area contributed by atoms with Gasteiger partial charge in [-0.15, -0.1) is 0 Å². The van der Waals surface area contributed by atoms with Crippen LogP contribution in [0.15, 0.2) is 65.6 Å². The van der Waals surface area contributed by atoms with Crippen LogP contribution in [-0.2, 0) is 27.1 Å². The van der Waals surface area contributed by atoms with Gasteiger partial charge in [0.1, 0.15) is 5.82 Å². The SMILES string of the molecule is Cn1c(=O)n(C)c2cc(CN3CCC(c4ccc(Cc5ccccc5F)cn4)CC3)ccc21. The van der Waals surface area contributed by atoms with E-state index in [1.54, 1.807) is 15.2 Å². The van der Waals surface area contributed by atoms with Crippen molar-refractivity contribution in [1.82, 2.24) is 19.0 Å². The highest BCUT2D eigenvalue weighted by Crippen LogP contribution is 2.28. The number of imidazole rings is 1. The van der Waals surface area contributed by atoms with Gasteiger partial charge in [-0.3, -0.25) is 19.0 Å². The maximum atomic E-state index is 13.9. The zero-order valence-electron chi connectivity index (χ0n) is 19.2. The van der Waals surface area contributed by atoms with Gasteiger partial charge in [-0.2, -0.15) is 0 Å². The molecule has 4 aromatic rings. The molecule has 6 heteroatoms. The van der Waals surface area contributed by atoms with Crippen LogP contribution in [0.5, 0.6) is 0 Å². The van der Waals surface area contributed by atoms with Crippen LogP contribution >= 0.6 is 0 Å². The number of likely N-dealkylation sites (tertiary alicyclic amines) is 1. The minimum atomic E-state index is -0.164. The molecule has 5 nitrogen and oxygen atoms in total. The molecule has 0 N–H and O–H groups in total. The van der Waals surface area contributed by atoms with E-state index < -0.39 is 0 Å². The molecule has 1 aliphatic rings. The maximum absolute atomic E-state index is 13.9. The molecule has 5 rings (SSSR count). The summed E-state index contributed by atoms with van der Waals surface area (Å²) in [5.74, 6) is 0.295. The van der Waals surface area contributed by atoms with E-state index in [1.165, 1.54) is 11.6 Å². The lowest BCUT2D eigenvalue weighted by molar-refractivity contribution is 0.203. The lowest BCUT2D eigenvalue weighted by Gasteiger charge is -2.31. The average molecular weight is 445 g/mol. The molecule has 170 valence electrons. The van der Waals surface area contributed by atoms with E-state index in [0.717, 1.165) is 54.8 Å². The van der Waals surface area contributed by atoms with Gasteiger partial charge in [0.05, 0.1) is 11.0 Å². The molecule has 1 saturated heterocycles. The highest BCUT2D eigenvalue weighted by atomic mass is 19.1.